The van der Waals surface area contributed by atoms with Crippen LogP contribution in [0.3, 0.4) is 0 Å². The van der Waals surface area contributed by atoms with Crippen LogP contribution in [0.25, 0.3) is 0 Å². The van der Waals surface area contributed by atoms with Crippen molar-refractivity contribution in [2.75, 3.05) is 0 Å². The fourth-order valence-electron chi connectivity index (χ4n) is 8.01. The van der Waals surface area contributed by atoms with Gasteiger partial charge in [-0.05, 0) is 49.4 Å². The first-order valence-electron chi connectivity index (χ1n) is 14.2. The second kappa shape index (κ2) is 9.96. The van der Waals surface area contributed by atoms with Crippen molar-refractivity contribution in [2.24, 2.45) is 22.0 Å². The fourth-order valence-corrected chi connectivity index (χ4v) is 8.01. The highest BCUT2D eigenvalue weighted by Gasteiger charge is 2.61. The molecule has 3 rings (SSSR count). The Morgan fingerprint density at radius 3 is 1.26 bits per heavy atom. The third kappa shape index (κ3) is 5.44. The summed E-state index contributed by atoms with van der Waals surface area (Å²) >= 11 is 0. The zero-order valence-electron chi connectivity index (χ0n) is 23.3. The summed E-state index contributed by atoms with van der Waals surface area (Å²) in [6, 6.07) is -1.07. The van der Waals surface area contributed by atoms with Crippen molar-refractivity contribution >= 4 is 11.8 Å². The number of hydrogen-bond acceptors (Lipinski definition) is 4. The summed E-state index contributed by atoms with van der Waals surface area (Å²) in [6.45, 7) is 12.5. The van der Waals surface area contributed by atoms with Crippen LogP contribution in [-0.2, 0) is 9.59 Å². The molecule has 0 saturated heterocycles. The van der Waals surface area contributed by atoms with Gasteiger partial charge in [0.05, 0.1) is 23.3 Å². The number of rotatable bonds is 6. The van der Waals surface area contributed by atoms with Crippen LogP contribution in [0.5, 0.6) is 0 Å². The zero-order chi connectivity index (χ0) is 26.3. The molecule has 0 radical (unpaired) electrons. The molecule has 2 amide bonds. The molecule has 0 heterocycles. The quantitative estimate of drug-likeness (QED) is 0.450. The van der Waals surface area contributed by atoms with Gasteiger partial charge in [-0.2, -0.15) is 0 Å². The van der Waals surface area contributed by atoms with Crippen molar-refractivity contribution in [3.8, 4) is 0 Å². The Morgan fingerprint density at radius 1 is 0.657 bits per heavy atom. The summed E-state index contributed by atoms with van der Waals surface area (Å²) in [5.74, 6) is -0.822. The van der Waals surface area contributed by atoms with Gasteiger partial charge in [0.1, 0.15) is 5.41 Å². The molecule has 4 N–H and O–H groups in total. The van der Waals surface area contributed by atoms with Crippen LogP contribution >= 0.6 is 0 Å². The number of hydrogen-bond donors (Lipinski definition) is 3. The van der Waals surface area contributed by atoms with Gasteiger partial charge in [-0.3, -0.25) is 9.59 Å². The van der Waals surface area contributed by atoms with E-state index in [0.717, 1.165) is 51.4 Å². The largest absolute Gasteiger partial charge is 0.388 e. The molecule has 0 spiro atoms. The van der Waals surface area contributed by atoms with Gasteiger partial charge in [-0.1, -0.05) is 92.9 Å². The lowest BCUT2D eigenvalue weighted by molar-refractivity contribution is -0.198. The third-order valence-corrected chi connectivity index (χ3v) is 9.23. The van der Waals surface area contributed by atoms with E-state index in [4.69, 9.17) is 5.73 Å². The SMILES string of the molecule is CC(C)(C)[C@@H](N(C(=O)C1(C(N)=O)CCCC1)[C@H](C(C)(C)C)C1(O)CCCCC1)C1(O)CCCCC1. The van der Waals surface area contributed by atoms with Crippen LogP contribution in [0.15, 0.2) is 0 Å². The van der Waals surface area contributed by atoms with Crippen molar-refractivity contribution in [1.82, 2.24) is 4.90 Å². The lowest BCUT2D eigenvalue weighted by Crippen LogP contribution is -2.72. The predicted molar refractivity (Wildman–Crippen MR) is 139 cm³/mol. The maximum Gasteiger partial charge on any atom is 0.238 e. The number of carbonyl (C=O) groups is 2. The predicted octanol–water partition coefficient (Wildman–Crippen LogP) is 5.08. The van der Waals surface area contributed by atoms with Crippen LogP contribution in [0, 0.1) is 16.2 Å². The molecule has 35 heavy (non-hydrogen) atoms. The normalized spacial score (nSPS) is 26.1. The second-order valence-electron chi connectivity index (χ2n) is 14.2. The van der Waals surface area contributed by atoms with Gasteiger partial charge in [0.25, 0.3) is 0 Å². The first-order chi connectivity index (χ1) is 16.1. The Labute approximate surface area is 213 Å². The molecule has 3 fully saturated rings. The summed E-state index contributed by atoms with van der Waals surface area (Å²) in [7, 11) is 0. The second-order valence-corrected chi connectivity index (χ2v) is 14.2. The van der Waals surface area contributed by atoms with Gasteiger partial charge in [-0.25, -0.2) is 0 Å². The molecule has 0 aliphatic heterocycles. The van der Waals surface area contributed by atoms with Crippen molar-refractivity contribution in [3.63, 3.8) is 0 Å². The monoisotopic (exact) mass is 492 g/mol. The minimum absolute atomic E-state index is 0.264. The van der Waals surface area contributed by atoms with Gasteiger partial charge in [-0.15, -0.1) is 0 Å². The van der Waals surface area contributed by atoms with Gasteiger partial charge < -0.3 is 20.8 Å². The average Bonchev–Trinajstić information content (AvgIpc) is 3.23. The number of nitrogens with two attached hydrogens (primary N) is 1. The van der Waals surface area contributed by atoms with E-state index in [1.165, 1.54) is 0 Å². The molecule has 3 aliphatic carbocycles. The van der Waals surface area contributed by atoms with Crippen molar-refractivity contribution in [1.29, 1.82) is 0 Å². The molecule has 0 aromatic heterocycles. The van der Waals surface area contributed by atoms with E-state index in [9.17, 15) is 19.8 Å². The van der Waals surface area contributed by atoms with Crippen LogP contribution in [0.1, 0.15) is 131 Å². The molecule has 6 nitrogen and oxygen atoms in total. The van der Waals surface area contributed by atoms with Crippen molar-refractivity contribution < 1.29 is 19.8 Å². The summed E-state index contributed by atoms with van der Waals surface area (Å²) in [4.78, 5) is 29.7. The molecule has 3 saturated carbocycles. The molecule has 3 aliphatic rings. The Kier molecular flexibility index (Phi) is 8.09. The lowest BCUT2D eigenvalue weighted by Gasteiger charge is -2.60. The van der Waals surface area contributed by atoms with Crippen LogP contribution in [-0.4, -0.2) is 50.2 Å². The summed E-state index contributed by atoms with van der Waals surface area (Å²) in [5, 5.41) is 24.5. The first kappa shape index (κ1) is 28.4. The number of carbonyl (C=O) groups excluding carboxylic acids is 2. The highest BCUT2D eigenvalue weighted by Crippen LogP contribution is 2.51. The van der Waals surface area contributed by atoms with Crippen LogP contribution < -0.4 is 5.73 Å². The molecular formula is C29H52N2O4. The molecule has 0 bridgehead atoms. The number of amides is 2. The van der Waals surface area contributed by atoms with Gasteiger partial charge in [0.2, 0.25) is 11.8 Å². The summed E-state index contributed by atoms with van der Waals surface area (Å²) < 4.78 is 0. The van der Waals surface area contributed by atoms with Gasteiger partial charge >= 0.3 is 0 Å². The Hall–Kier alpha value is -1.14. The molecule has 2 atom stereocenters. The molecule has 0 aromatic carbocycles. The molecule has 202 valence electrons. The minimum Gasteiger partial charge on any atom is -0.388 e. The summed E-state index contributed by atoms with van der Waals surface area (Å²) in [5.41, 5.74) is 1.67. The standard InChI is InChI=1S/C29H52N2O4/c1-25(2,3)21(28(34)17-9-7-10-18-28)31(24(33)27(23(30)32)15-13-14-16-27)22(26(4,5)6)29(35)19-11-8-12-20-29/h21-22,34-35H,7-20H2,1-6H3,(H2,30,32)/t21-,22-/m1/s1. The van der Waals surface area contributed by atoms with E-state index in [-0.39, 0.29) is 5.91 Å². The average molecular weight is 493 g/mol. The highest BCUT2D eigenvalue weighted by molar-refractivity contribution is 6.05. The van der Waals surface area contributed by atoms with Crippen LogP contribution in [0.4, 0.5) is 0 Å². The van der Waals surface area contributed by atoms with Crippen molar-refractivity contribution in [2.45, 2.75) is 155 Å². The van der Waals surface area contributed by atoms with E-state index in [1.54, 1.807) is 0 Å². The number of nitrogens with zero attached hydrogens (tertiary/aromatic N) is 1. The van der Waals surface area contributed by atoms with Crippen LogP contribution in [0.2, 0.25) is 0 Å². The number of primary amides is 1. The van der Waals surface area contributed by atoms with E-state index < -0.39 is 45.4 Å². The maximum absolute atomic E-state index is 14.9. The van der Waals surface area contributed by atoms with Gasteiger partial charge in [0.15, 0.2) is 0 Å². The smallest absolute Gasteiger partial charge is 0.238 e. The van der Waals surface area contributed by atoms with E-state index >= 15 is 0 Å². The third-order valence-electron chi connectivity index (χ3n) is 9.23. The Bertz CT molecular complexity index is 719. The van der Waals surface area contributed by atoms with Gasteiger partial charge in [0, 0.05) is 0 Å². The van der Waals surface area contributed by atoms with Crippen molar-refractivity contribution in [3.05, 3.63) is 0 Å². The number of aliphatic hydroxyl groups is 2. The van der Waals surface area contributed by atoms with E-state index in [2.05, 4.69) is 41.5 Å². The first-order valence-corrected chi connectivity index (χ1v) is 14.2. The fraction of sp³-hybridized carbons (Fsp3) is 0.931. The lowest BCUT2D eigenvalue weighted by atomic mass is 9.63. The maximum atomic E-state index is 14.9. The van der Waals surface area contributed by atoms with E-state index in [0.29, 0.717) is 38.5 Å². The molecule has 0 aromatic rings. The topological polar surface area (TPSA) is 104 Å². The van der Waals surface area contributed by atoms with E-state index in [1.807, 2.05) is 4.90 Å². The minimum atomic E-state index is -1.26. The summed E-state index contributed by atoms with van der Waals surface area (Å²) in [6.07, 6.45) is 10.8. The highest BCUT2D eigenvalue weighted by atomic mass is 16.3. The Morgan fingerprint density at radius 2 is 0.971 bits per heavy atom. The zero-order valence-corrected chi connectivity index (χ0v) is 23.3. The molecular weight excluding hydrogens is 440 g/mol. The Balaban J connectivity index is 2.28. The molecule has 0 unspecified atom stereocenters. The molecule has 6 heteroatoms.